The summed E-state index contributed by atoms with van der Waals surface area (Å²) in [6.07, 6.45) is 2.91. The lowest BCUT2D eigenvalue weighted by molar-refractivity contribution is -0.140. The number of halogens is 1. The van der Waals surface area contributed by atoms with Gasteiger partial charge in [-0.25, -0.2) is 9.67 Å². The SMILES string of the molecule is CC1(C)C(C(=O)O)C1C(=O)Nc1ccc(-n2cncn2)c(Cl)c1. The van der Waals surface area contributed by atoms with Crippen molar-refractivity contribution in [3.8, 4) is 5.69 Å². The molecule has 120 valence electrons. The molecule has 1 saturated carbocycles. The van der Waals surface area contributed by atoms with E-state index in [0.717, 1.165) is 0 Å². The highest BCUT2D eigenvalue weighted by Crippen LogP contribution is 2.58. The summed E-state index contributed by atoms with van der Waals surface area (Å²) in [5.41, 5.74) is 0.605. The number of carbonyl (C=O) groups excluding carboxylic acids is 1. The first-order valence-electron chi connectivity index (χ1n) is 7.00. The molecule has 2 unspecified atom stereocenters. The van der Waals surface area contributed by atoms with Gasteiger partial charge in [0, 0.05) is 5.69 Å². The van der Waals surface area contributed by atoms with Gasteiger partial charge in [-0.3, -0.25) is 9.59 Å². The van der Waals surface area contributed by atoms with E-state index in [9.17, 15) is 9.59 Å². The molecule has 0 saturated heterocycles. The Balaban J connectivity index is 1.76. The standard InChI is InChI=1S/C15H15ClN4O3/c1-15(2)11(12(15)14(22)23)13(21)19-8-3-4-10(9(16)5-8)20-7-17-6-18-20/h3-7,11-12H,1-2H3,(H,19,21)(H,22,23). The third-order valence-corrected chi connectivity index (χ3v) is 4.56. The summed E-state index contributed by atoms with van der Waals surface area (Å²) in [4.78, 5) is 27.3. The molecule has 1 aromatic carbocycles. The summed E-state index contributed by atoms with van der Waals surface area (Å²) in [5.74, 6) is -2.47. The van der Waals surface area contributed by atoms with E-state index in [4.69, 9.17) is 16.7 Å². The number of carbonyl (C=O) groups is 2. The Hall–Kier alpha value is -2.41. The van der Waals surface area contributed by atoms with E-state index in [1.54, 1.807) is 32.0 Å². The van der Waals surface area contributed by atoms with Gasteiger partial charge in [0.15, 0.2) is 0 Å². The van der Waals surface area contributed by atoms with Crippen molar-refractivity contribution >= 4 is 29.2 Å². The summed E-state index contributed by atoms with van der Waals surface area (Å²) < 4.78 is 1.51. The van der Waals surface area contributed by atoms with Gasteiger partial charge in [0.2, 0.25) is 5.91 Å². The molecule has 1 heterocycles. The first kappa shape index (κ1) is 15.5. The summed E-state index contributed by atoms with van der Waals surface area (Å²) in [6, 6.07) is 4.99. The Morgan fingerprint density at radius 3 is 2.61 bits per heavy atom. The van der Waals surface area contributed by atoms with E-state index in [0.29, 0.717) is 16.4 Å². The summed E-state index contributed by atoms with van der Waals surface area (Å²) in [5, 5.41) is 16.3. The largest absolute Gasteiger partial charge is 0.481 e. The van der Waals surface area contributed by atoms with Crippen LogP contribution in [0.5, 0.6) is 0 Å². The van der Waals surface area contributed by atoms with Gasteiger partial charge in [0.25, 0.3) is 0 Å². The van der Waals surface area contributed by atoms with Crippen LogP contribution < -0.4 is 5.32 Å². The molecule has 1 aliphatic rings. The second-order valence-electron chi connectivity index (χ2n) is 6.11. The summed E-state index contributed by atoms with van der Waals surface area (Å²) in [6.45, 7) is 3.55. The number of carboxylic acid groups (broad SMARTS) is 1. The fourth-order valence-corrected chi connectivity index (χ4v) is 3.18. The fraction of sp³-hybridized carbons (Fsp3) is 0.333. The predicted octanol–water partition coefficient (Wildman–Crippen LogP) is 2.22. The molecular formula is C15H15ClN4O3. The quantitative estimate of drug-likeness (QED) is 0.893. The smallest absolute Gasteiger partial charge is 0.307 e. The van der Waals surface area contributed by atoms with Crippen molar-refractivity contribution in [3.63, 3.8) is 0 Å². The Morgan fingerprint density at radius 1 is 1.35 bits per heavy atom. The zero-order chi connectivity index (χ0) is 16.8. The molecule has 3 rings (SSSR count). The summed E-state index contributed by atoms with van der Waals surface area (Å²) in [7, 11) is 0. The van der Waals surface area contributed by atoms with Crippen LogP contribution >= 0.6 is 11.6 Å². The second kappa shape index (κ2) is 5.34. The number of hydrogen-bond acceptors (Lipinski definition) is 4. The topological polar surface area (TPSA) is 97.1 Å². The van der Waals surface area contributed by atoms with Crippen LogP contribution in [0.3, 0.4) is 0 Å². The van der Waals surface area contributed by atoms with Gasteiger partial charge in [-0.05, 0) is 23.6 Å². The molecule has 7 nitrogen and oxygen atoms in total. The highest BCUT2D eigenvalue weighted by molar-refractivity contribution is 6.32. The number of rotatable bonds is 4. The van der Waals surface area contributed by atoms with Crippen LogP contribution in [0.1, 0.15) is 13.8 Å². The van der Waals surface area contributed by atoms with Gasteiger partial charge in [0.1, 0.15) is 12.7 Å². The van der Waals surface area contributed by atoms with E-state index in [-0.39, 0.29) is 5.91 Å². The van der Waals surface area contributed by atoms with E-state index in [2.05, 4.69) is 15.4 Å². The van der Waals surface area contributed by atoms with Gasteiger partial charge in [-0.2, -0.15) is 5.10 Å². The molecule has 2 aromatic rings. The van der Waals surface area contributed by atoms with Crippen LogP contribution in [-0.4, -0.2) is 31.7 Å². The number of anilines is 1. The van der Waals surface area contributed by atoms with Crippen molar-refractivity contribution in [2.45, 2.75) is 13.8 Å². The van der Waals surface area contributed by atoms with Crippen LogP contribution in [-0.2, 0) is 9.59 Å². The lowest BCUT2D eigenvalue weighted by Gasteiger charge is -2.09. The molecule has 1 fully saturated rings. The molecule has 2 atom stereocenters. The number of aromatic nitrogens is 3. The van der Waals surface area contributed by atoms with Crippen LogP contribution in [0.15, 0.2) is 30.9 Å². The molecule has 1 aliphatic carbocycles. The second-order valence-corrected chi connectivity index (χ2v) is 6.52. The van der Waals surface area contributed by atoms with Crippen molar-refractivity contribution < 1.29 is 14.7 Å². The lowest BCUT2D eigenvalue weighted by Crippen LogP contribution is -2.17. The van der Waals surface area contributed by atoms with Gasteiger partial charge in [-0.15, -0.1) is 0 Å². The van der Waals surface area contributed by atoms with E-state index >= 15 is 0 Å². The molecule has 2 N–H and O–H groups in total. The van der Waals surface area contributed by atoms with Gasteiger partial charge < -0.3 is 10.4 Å². The predicted molar refractivity (Wildman–Crippen MR) is 83.4 cm³/mol. The van der Waals surface area contributed by atoms with Crippen molar-refractivity contribution in [2.75, 3.05) is 5.32 Å². The van der Waals surface area contributed by atoms with Crippen molar-refractivity contribution in [1.29, 1.82) is 0 Å². The van der Waals surface area contributed by atoms with E-state index < -0.39 is 23.2 Å². The molecular weight excluding hydrogens is 320 g/mol. The first-order valence-corrected chi connectivity index (χ1v) is 7.38. The zero-order valence-electron chi connectivity index (χ0n) is 12.5. The third kappa shape index (κ3) is 2.68. The maximum absolute atomic E-state index is 12.3. The molecule has 0 radical (unpaired) electrons. The molecule has 8 heteroatoms. The fourth-order valence-electron chi connectivity index (χ4n) is 2.91. The zero-order valence-corrected chi connectivity index (χ0v) is 13.3. The monoisotopic (exact) mass is 334 g/mol. The normalized spacial score (nSPS) is 21.7. The van der Waals surface area contributed by atoms with Crippen LogP contribution in [0.25, 0.3) is 5.69 Å². The van der Waals surface area contributed by atoms with E-state index in [1.807, 2.05) is 0 Å². The minimum Gasteiger partial charge on any atom is -0.481 e. The number of aliphatic carboxylic acids is 1. The van der Waals surface area contributed by atoms with E-state index in [1.165, 1.54) is 17.3 Å². The van der Waals surface area contributed by atoms with Crippen molar-refractivity contribution in [2.24, 2.45) is 17.3 Å². The number of benzene rings is 1. The minimum atomic E-state index is -0.949. The Labute approximate surface area is 137 Å². The molecule has 23 heavy (non-hydrogen) atoms. The van der Waals surface area contributed by atoms with Crippen LogP contribution in [0, 0.1) is 17.3 Å². The first-order chi connectivity index (χ1) is 10.8. The maximum atomic E-state index is 12.3. The molecule has 0 aliphatic heterocycles. The molecule has 1 aromatic heterocycles. The summed E-state index contributed by atoms with van der Waals surface area (Å²) >= 11 is 6.20. The Morgan fingerprint density at radius 2 is 2.09 bits per heavy atom. The van der Waals surface area contributed by atoms with Crippen molar-refractivity contribution in [3.05, 3.63) is 35.9 Å². The minimum absolute atomic E-state index is 0.313. The van der Waals surface area contributed by atoms with Gasteiger partial charge in [-0.1, -0.05) is 25.4 Å². The van der Waals surface area contributed by atoms with Crippen LogP contribution in [0.4, 0.5) is 5.69 Å². The number of nitrogens with one attached hydrogen (secondary N) is 1. The lowest BCUT2D eigenvalue weighted by atomic mass is 10.1. The molecule has 0 spiro atoms. The molecule has 1 amide bonds. The average Bonchev–Trinajstić information content (AvgIpc) is 2.84. The highest BCUT2D eigenvalue weighted by Gasteiger charge is 2.65. The van der Waals surface area contributed by atoms with Gasteiger partial charge in [0.05, 0.1) is 22.5 Å². The Kier molecular flexibility index (Phi) is 3.60. The number of hydrogen-bond donors (Lipinski definition) is 2. The third-order valence-electron chi connectivity index (χ3n) is 4.26. The highest BCUT2D eigenvalue weighted by atomic mass is 35.5. The average molecular weight is 335 g/mol. The van der Waals surface area contributed by atoms with Crippen LogP contribution in [0.2, 0.25) is 5.02 Å². The number of amides is 1. The number of nitrogens with zero attached hydrogens (tertiary/aromatic N) is 3. The van der Waals surface area contributed by atoms with Crippen molar-refractivity contribution in [1.82, 2.24) is 14.8 Å². The number of carboxylic acids is 1. The van der Waals surface area contributed by atoms with Gasteiger partial charge >= 0.3 is 5.97 Å². The Bertz CT molecular complexity index is 773. The maximum Gasteiger partial charge on any atom is 0.307 e. The molecule has 0 bridgehead atoms.